The molecule has 1 atom stereocenters. The number of ether oxygens (including phenoxy) is 2. The summed E-state index contributed by atoms with van der Waals surface area (Å²) >= 11 is 0. The minimum atomic E-state index is -0.688. The van der Waals surface area contributed by atoms with Crippen LogP contribution in [0.4, 0.5) is 4.79 Å². The van der Waals surface area contributed by atoms with E-state index in [1.165, 1.54) is 7.11 Å². The summed E-state index contributed by atoms with van der Waals surface area (Å²) in [6, 6.07) is -0.260. The highest BCUT2D eigenvalue weighted by Crippen LogP contribution is 2.23. The van der Waals surface area contributed by atoms with Crippen molar-refractivity contribution in [1.29, 1.82) is 0 Å². The number of hydrogen-bond acceptors (Lipinski definition) is 4. The first-order valence-electron chi connectivity index (χ1n) is 7.19. The molecule has 0 aliphatic heterocycles. The highest BCUT2D eigenvalue weighted by atomic mass is 16.6. The minimum absolute atomic E-state index is 0.0808. The van der Waals surface area contributed by atoms with E-state index in [0.717, 1.165) is 0 Å². The lowest BCUT2D eigenvalue weighted by Crippen LogP contribution is -2.46. The van der Waals surface area contributed by atoms with E-state index >= 15 is 0 Å². The number of esters is 1. The van der Waals surface area contributed by atoms with E-state index < -0.39 is 17.7 Å². The standard InChI is InChI=1S/C15H27N3O4/c1-14(2,3)11(17-13(20)22-15(4,5)6)9-8-10(18-16)12(19)21-7/h11H,8-9H2,1-7H3,(H,17,20)/t11-/m1/s1. The topological polar surface area (TPSA) is 101 Å². The van der Waals surface area contributed by atoms with Gasteiger partial charge in [0.05, 0.1) is 13.5 Å². The Labute approximate surface area is 132 Å². The second-order valence-electron chi connectivity index (χ2n) is 7.14. The molecule has 0 unspecified atom stereocenters. The largest absolute Gasteiger partial charge is 0.460 e. The molecule has 7 heteroatoms. The monoisotopic (exact) mass is 313 g/mol. The maximum atomic E-state index is 11.9. The summed E-state index contributed by atoms with van der Waals surface area (Å²) in [5.41, 5.74) is 7.93. The number of methoxy groups -OCH3 is 1. The molecule has 1 N–H and O–H groups in total. The summed E-state index contributed by atoms with van der Waals surface area (Å²) in [6.45, 7) is 11.2. The SMILES string of the molecule is COC(=O)C(CC[C@@H](NC(=O)OC(C)(C)C)C(C)(C)C)=[N+]=[N-]. The van der Waals surface area contributed by atoms with Gasteiger partial charge in [-0.05, 0) is 32.6 Å². The average Bonchev–Trinajstić information content (AvgIpc) is 2.34. The van der Waals surface area contributed by atoms with Crippen molar-refractivity contribution in [1.82, 2.24) is 5.32 Å². The van der Waals surface area contributed by atoms with E-state index in [1.54, 1.807) is 20.8 Å². The van der Waals surface area contributed by atoms with E-state index in [1.807, 2.05) is 20.8 Å². The Hall–Kier alpha value is -1.88. The molecule has 0 spiro atoms. The Morgan fingerprint density at radius 3 is 2.09 bits per heavy atom. The molecule has 1 amide bonds. The zero-order chi connectivity index (χ0) is 17.6. The first kappa shape index (κ1) is 20.1. The van der Waals surface area contributed by atoms with Gasteiger partial charge in [0, 0.05) is 6.04 Å². The third-order valence-corrected chi connectivity index (χ3v) is 2.95. The molecule has 0 saturated carbocycles. The van der Waals surface area contributed by atoms with Gasteiger partial charge in [-0.15, -0.1) is 0 Å². The lowest BCUT2D eigenvalue weighted by molar-refractivity contribution is -0.137. The van der Waals surface area contributed by atoms with Crippen molar-refractivity contribution in [3.63, 3.8) is 0 Å². The average molecular weight is 313 g/mol. The molecule has 7 nitrogen and oxygen atoms in total. The number of rotatable bonds is 5. The van der Waals surface area contributed by atoms with Crippen molar-refractivity contribution < 1.29 is 23.9 Å². The highest BCUT2D eigenvalue weighted by molar-refractivity contribution is 6.33. The van der Waals surface area contributed by atoms with Gasteiger partial charge in [0.15, 0.2) is 0 Å². The van der Waals surface area contributed by atoms with E-state index in [4.69, 9.17) is 10.3 Å². The summed E-state index contributed by atoms with van der Waals surface area (Å²) in [7, 11) is 1.22. The van der Waals surface area contributed by atoms with Gasteiger partial charge in [-0.25, -0.2) is 9.59 Å². The number of hydrogen-bond donors (Lipinski definition) is 1. The maximum absolute atomic E-state index is 11.9. The molecule has 126 valence electrons. The molecule has 0 rings (SSSR count). The second kappa shape index (κ2) is 7.94. The quantitative estimate of drug-likeness (QED) is 0.365. The Morgan fingerprint density at radius 1 is 1.18 bits per heavy atom. The van der Waals surface area contributed by atoms with Crippen molar-refractivity contribution in [3.8, 4) is 0 Å². The van der Waals surface area contributed by atoms with Gasteiger partial charge in [0.25, 0.3) is 0 Å². The summed E-state index contributed by atoms with van der Waals surface area (Å²) in [5, 5.41) is 2.80. The molecular formula is C15H27N3O4. The Balaban J connectivity index is 4.85. The molecule has 0 aromatic carbocycles. The van der Waals surface area contributed by atoms with Crippen LogP contribution in [-0.4, -0.2) is 41.3 Å². The third kappa shape index (κ3) is 7.78. The molecule has 22 heavy (non-hydrogen) atoms. The third-order valence-electron chi connectivity index (χ3n) is 2.95. The number of nitrogens with one attached hydrogen (secondary N) is 1. The first-order valence-corrected chi connectivity index (χ1v) is 7.19. The number of alkyl carbamates (subject to hydrolysis) is 1. The van der Waals surface area contributed by atoms with Crippen LogP contribution in [0.5, 0.6) is 0 Å². The van der Waals surface area contributed by atoms with Gasteiger partial charge < -0.3 is 20.3 Å². The predicted octanol–water partition coefficient (Wildman–Crippen LogP) is 2.55. The fraction of sp³-hybridized carbons (Fsp3) is 0.800. The Kier molecular flexibility index (Phi) is 7.26. The van der Waals surface area contributed by atoms with Crippen molar-refractivity contribution in [2.45, 2.75) is 66.0 Å². The van der Waals surface area contributed by atoms with E-state index in [-0.39, 0.29) is 23.6 Å². The highest BCUT2D eigenvalue weighted by Gasteiger charge is 2.31. The summed E-state index contributed by atoms with van der Waals surface area (Å²) < 4.78 is 9.77. The second-order valence-corrected chi connectivity index (χ2v) is 7.14. The minimum Gasteiger partial charge on any atom is -0.460 e. The van der Waals surface area contributed by atoms with Crippen LogP contribution < -0.4 is 5.32 Å². The zero-order valence-electron chi connectivity index (χ0n) is 14.5. The van der Waals surface area contributed by atoms with Crippen molar-refractivity contribution in [2.75, 3.05) is 7.11 Å². The number of amides is 1. The fourth-order valence-electron chi connectivity index (χ4n) is 1.76. The van der Waals surface area contributed by atoms with Gasteiger partial charge in [-0.2, -0.15) is 4.79 Å². The molecular weight excluding hydrogens is 286 g/mol. The zero-order valence-corrected chi connectivity index (χ0v) is 14.5. The van der Waals surface area contributed by atoms with Crippen molar-refractivity contribution >= 4 is 17.8 Å². The van der Waals surface area contributed by atoms with Crippen LogP contribution in [0.25, 0.3) is 5.53 Å². The van der Waals surface area contributed by atoms with Crippen LogP contribution in [0.3, 0.4) is 0 Å². The van der Waals surface area contributed by atoms with Crippen LogP contribution in [-0.2, 0) is 14.3 Å². The molecule has 0 fully saturated rings. The number of nitrogens with zero attached hydrogens (tertiary/aromatic N) is 2. The number of carbonyl (C=O) groups is 2. The van der Waals surface area contributed by atoms with Gasteiger partial charge >= 0.3 is 17.8 Å². The van der Waals surface area contributed by atoms with Gasteiger partial charge in [-0.1, -0.05) is 20.8 Å². The summed E-state index contributed by atoms with van der Waals surface area (Å²) in [6.07, 6.45) is 0.0750. The summed E-state index contributed by atoms with van der Waals surface area (Å²) in [5.74, 6) is -0.688. The summed E-state index contributed by atoms with van der Waals surface area (Å²) in [4.78, 5) is 26.3. The predicted molar refractivity (Wildman–Crippen MR) is 82.5 cm³/mol. The van der Waals surface area contributed by atoms with Gasteiger partial charge in [-0.3, -0.25) is 0 Å². The van der Waals surface area contributed by atoms with Crippen LogP contribution in [0.2, 0.25) is 0 Å². The van der Waals surface area contributed by atoms with Crippen LogP contribution in [0, 0.1) is 5.41 Å². The molecule has 0 aliphatic carbocycles. The maximum Gasteiger partial charge on any atom is 0.416 e. The molecule has 0 bridgehead atoms. The van der Waals surface area contributed by atoms with Crippen molar-refractivity contribution in [3.05, 3.63) is 5.53 Å². The smallest absolute Gasteiger partial charge is 0.416 e. The van der Waals surface area contributed by atoms with E-state index in [9.17, 15) is 9.59 Å². The normalized spacial score (nSPS) is 12.9. The Bertz CT molecular complexity index is 454. The lowest BCUT2D eigenvalue weighted by atomic mass is 9.83. The molecule has 0 aromatic heterocycles. The molecule has 0 aromatic rings. The van der Waals surface area contributed by atoms with E-state index in [0.29, 0.717) is 6.42 Å². The fourth-order valence-corrected chi connectivity index (χ4v) is 1.76. The first-order chi connectivity index (χ1) is 9.90. The van der Waals surface area contributed by atoms with E-state index in [2.05, 4.69) is 14.8 Å². The van der Waals surface area contributed by atoms with Crippen LogP contribution >= 0.6 is 0 Å². The van der Waals surface area contributed by atoms with Crippen molar-refractivity contribution in [2.24, 2.45) is 5.41 Å². The molecule has 0 saturated heterocycles. The van der Waals surface area contributed by atoms with Gasteiger partial charge in [0.2, 0.25) is 0 Å². The molecule has 0 aliphatic rings. The van der Waals surface area contributed by atoms with Crippen LogP contribution in [0.1, 0.15) is 54.4 Å². The molecule has 0 radical (unpaired) electrons. The van der Waals surface area contributed by atoms with Gasteiger partial charge in [0.1, 0.15) is 5.60 Å². The Morgan fingerprint density at radius 2 is 1.73 bits per heavy atom. The molecule has 0 heterocycles. The number of carbonyl (C=O) groups excluding carboxylic acids is 2. The lowest BCUT2D eigenvalue weighted by Gasteiger charge is -2.32. The van der Waals surface area contributed by atoms with Crippen LogP contribution in [0.15, 0.2) is 0 Å².